The first-order valence-corrected chi connectivity index (χ1v) is 5.44. The number of hydrogen-bond donors (Lipinski definition) is 1. The summed E-state index contributed by atoms with van der Waals surface area (Å²) in [6.07, 6.45) is 0.706. The van der Waals surface area contributed by atoms with Crippen molar-refractivity contribution in [2.75, 3.05) is 12.4 Å². The van der Waals surface area contributed by atoms with Gasteiger partial charge in [-0.05, 0) is 6.42 Å². The third-order valence-corrected chi connectivity index (χ3v) is 1.99. The van der Waals surface area contributed by atoms with Crippen molar-refractivity contribution >= 4 is 23.8 Å². The van der Waals surface area contributed by atoms with Gasteiger partial charge in [0, 0.05) is 29.2 Å². The lowest BCUT2D eigenvalue weighted by Gasteiger charge is -2.14. The van der Waals surface area contributed by atoms with E-state index in [0.29, 0.717) is 25.0 Å². The van der Waals surface area contributed by atoms with Crippen molar-refractivity contribution in [1.29, 1.82) is 0 Å². The van der Waals surface area contributed by atoms with Crippen molar-refractivity contribution in [3.8, 4) is 0 Å². The highest BCUT2D eigenvalue weighted by Gasteiger charge is 2.21. The average molecular weight is 234 g/mol. The van der Waals surface area contributed by atoms with E-state index in [9.17, 15) is 14.5 Å². The molecule has 86 valence electrons. The van der Waals surface area contributed by atoms with Gasteiger partial charge in [0.15, 0.2) is 0 Å². The SMILES string of the molecule is CCCOC(=O)C(CSN=O)NC(C)=O. The molecule has 0 bridgehead atoms. The van der Waals surface area contributed by atoms with Crippen LogP contribution in [-0.2, 0) is 14.3 Å². The lowest BCUT2D eigenvalue weighted by atomic mass is 10.3. The number of nitrogens with zero attached hydrogens (tertiary/aromatic N) is 1. The van der Waals surface area contributed by atoms with Crippen LogP contribution >= 0.6 is 11.9 Å². The molecule has 0 rings (SSSR count). The Balaban J connectivity index is 4.13. The number of esters is 1. The fourth-order valence-corrected chi connectivity index (χ4v) is 1.25. The van der Waals surface area contributed by atoms with E-state index >= 15 is 0 Å². The van der Waals surface area contributed by atoms with Crippen LogP contribution in [0.5, 0.6) is 0 Å². The molecule has 0 aliphatic carbocycles. The number of nitroso groups, excluding NO2 is 1. The second-order valence-electron chi connectivity index (χ2n) is 2.79. The Hall–Kier alpha value is -1.11. The van der Waals surface area contributed by atoms with E-state index in [0.717, 1.165) is 0 Å². The molecule has 1 N–H and O–H groups in total. The Labute approximate surface area is 92.2 Å². The minimum absolute atomic E-state index is 0.0889. The van der Waals surface area contributed by atoms with Gasteiger partial charge in [0.25, 0.3) is 0 Å². The van der Waals surface area contributed by atoms with Gasteiger partial charge in [-0.25, -0.2) is 4.79 Å². The van der Waals surface area contributed by atoms with E-state index < -0.39 is 12.0 Å². The maximum Gasteiger partial charge on any atom is 0.329 e. The van der Waals surface area contributed by atoms with Crippen LogP contribution in [0.1, 0.15) is 20.3 Å². The number of hydrogen-bond acceptors (Lipinski definition) is 6. The summed E-state index contributed by atoms with van der Waals surface area (Å²) >= 11 is 0.674. The van der Waals surface area contributed by atoms with Crippen molar-refractivity contribution in [3.63, 3.8) is 0 Å². The van der Waals surface area contributed by atoms with Gasteiger partial charge in [-0.2, -0.15) is 0 Å². The van der Waals surface area contributed by atoms with Crippen molar-refractivity contribution in [2.45, 2.75) is 26.3 Å². The highest BCUT2D eigenvalue weighted by atomic mass is 32.2. The predicted molar refractivity (Wildman–Crippen MR) is 57.1 cm³/mol. The van der Waals surface area contributed by atoms with Crippen LogP contribution in [-0.4, -0.2) is 30.3 Å². The maximum absolute atomic E-state index is 11.3. The molecule has 1 atom stereocenters. The predicted octanol–water partition coefficient (Wildman–Crippen LogP) is 0.859. The molecule has 0 spiro atoms. The Morgan fingerprint density at radius 2 is 2.20 bits per heavy atom. The standard InChI is InChI=1S/C8H14N2O4S/c1-3-4-14-8(12)7(5-15-10-13)9-6(2)11/h7H,3-5H2,1-2H3,(H,9,11). The van der Waals surface area contributed by atoms with Crippen LogP contribution in [0.4, 0.5) is 0 Å². The van der Waals surface area contributed by atoms with Crippen LogP contribution in [0.2, 0.25) is 0 Å². The highest BCUT2D eigenvalue weighted by molar-refractivity contribution is 7.97. The van der Waals surface area contributed by atoms with Gasteiger partial charge in [0.2, 0.25) is 5.91 Å². The lowest BCUT2D eigenvalue weighted by Crippen LogP contribution is -2.42. The topological polar surface area (TPSA) is 84.8 Å². The molecule has 0 saturated heterocycles. The van der Waals surface area contributed by atoms with Crippen LogP contribution in [0.25, 0.3) is 0 Å². The monoisotopic (exact) mass is 234 g/mol. The van der Waals surface area contributed by atoms with Crippen LogP contribution in [0.3, 0.4) is 0 Å². The second kappa shape index (κ2) is 8.22. The van der Waals surface area contributed by atoms with E-state index in [-0.39, 0.29) is 11.7 Å². The van der Waals surface area contributed by atoms with Gasteiger partial charge in [-0.1, -0.05) is 6.92 Å². The molecule has 7 heteroatoms. The summed E-state index contributed by atoms with van der Waals surface area (Å²) in [5, 5.41) is 2.39. The lowest BCUT2D eigenvalue weighted by molar-refractivity contribution is -0.147. The summed E-state index contributed by atoms with van der Waals surface area (Å²) in [6.45, 7) is 3.45. The van der Waals surface area contributed by atoms with Crippen molar-refractivity contribution in [3.05, 3.63) is 4.91 Å². The molecule has 0 aliphatic rings. The van der Waals surface area contributed by atoms with Gasteiger partial charge >= 0.3 is 5.97 Å². The summed E-state index contributed by atoms with van der Waals surface area (Å²) in [5.74, 6) is -0.797. The zero-order valence-corrected chi connectivity index (χ0v) is 9.50. The van der Waals surface area contributed by atoms with Crippen molar-refractivity contribution in [1.82, 2.24) is 5.32 Å². The first-order valence-electron chi connectivity index (χ1n) is 4.50. The fraction of sp³-hybridized carbons (Fsp3) is 0.750. The molecule has 0 aromatic heterocycles. The Morgan fingerprint density at radius 3 is 2.67 bits per heavy atom. The largest absolute Gasteiger partial charge is 0.464 e. The molecule has 0 heterocycles. The highest BCUT2D eigenvalue weighted by Crippen LogP contribution is 2.05. The van der Waals surface area contributed by atoms with Gasteiger partial charge in [0.1, 0.15) is 6.04 Å². The summed E-state index contributed by atoms with van der Waals surface area (Å²) in [6, 6.07) is -0.809. The number of rotatable bonds is 7. The zero-order chi connectivity index (χ0) is 11.7. The molecule has 6 nitrogen and oxygen atoms in total. The summed E-state index contributed by atoms with van der Waals surface area (Å²) in [5.41, 5.74) is 0. The van der Waals surface area contributed by atoms with E-state index in [1.807, 2.05) is 6.92 Å². The third-order valence-electron chi connectivity index (χ3n) is 1.40. The van der Waals surface area contributed by atoms with Crippen molar-refractivity contribution < 1.29 is 14.3 Å². The Bertz CT molecular complexity index is 235. The number of amides is 1. The zero-order valence-electron chi connectivity index (χ0n) is 8.69. The summed E-state index contributed by atoms with van der Waals surface area (Å²) in [4.78, 5) is 32.0. The molecule has 0 radical (unpaired) electrons. The van der Waals surface area contributed by atoms with E-state index in [1.54, 1.807) is 0 Å². The quantitative estimate of drug-likeness (QED) is 0.401. The second-order valence-corrected chi connectivity index (χ2v) is 3.53. The third kappa shape index (κ3) is 6.89. The van der Waals surface area contributed by atoms with E-state index in [1.165, 1.54) is 6.92 Å². The first-order chi connectivity index (χ1) is 7.11. The van der Waals surface area contributed by atoms with Gasteiger partial charge in [0.05, 0.1) is 6.61 Å². The van der Waals surface area contributed by atoms with Crippen molar-refractivity contribution in [2.24, 2.45) is 4.58 Å². The number of nitrogens with one attached hydrogen (secondary N) is 1. The fourth-order valence-electron chi connectivity index (χ4n) is 0.822. The normalized spacial score (nSPS) is 11.6. The molecular weight excluding hydrogens is 220 g/mol. The molecular formula is C8H14N2O4S. The Morgan fingerprint density at radius 1 is 1.53 bits per heavy atom. The smallest absolute Gasteiger partial charge is 0.329 e. The maximum atomic E-state index is 11.3. The minimum Gasteiger partial charge on any atom is -0.464 e. The van der Waals surface area contributed by atoms with Crippen LogP contribution < -0.4 is 5.32 Å². The number of ether oxygens (including phenoxy) is 1. The molecule has 15 heavy (non-hydrogen) atoms. The van der Waals surface area contributed by atoms with E-state index in [4.69, 9.17) is 4.74 Å². The molecule has 0 aromatic rings. The van der Waals surface area contributed by atoms with Crippen LogP contribution in [0, 0.1) is 4.91 Å². The minimum atomic E-state index is -0.809. The number of carbonyl (C=O) groups is 2. The van der Waals surface area contributed by atoms with Crippen LogP contribution in [0.15, 0.2) is 4.58 Å². The van der Waals surface area contributed by atoms with E-state index in [2.05, 4.69) is 9.90 Å². The number of carbonyl (C=O) groups excluding carboxylic acids is 2. The molecule has 0 aliphatic heterocycles. The molecule has 0 aromatic carbocycles. The average Bonchev–Trinajstić information content (AvgIpc) is 2.20. The molecule has 1 unspecified atom stereocenters. The Kier molecular flexibility index (Phi) is 7.61. The molecule has 0 fully saturated rings. The van der Waals surface area contributed by atoms with Gasteiger partial charge < -0.3 is 10.1 Å². The van der Waals surface area contributed by atoms with Gasteiger partial charge in [-0.3, -0.25) is 4.79 Å². The van der Waals surface area contributed by atoms with Gasteiger partial charge in [-0.15, -0.1) is 4.91 Å². The molecule has 1 amide bonds. The first kappa shape index (κ1) is 13.9. The summed E-state index contributed by atoms with van der Waals surface area (Å²) < 4.78 is 7.39. The molecule has 0 saturated carbocycles. The summed E-state index contributed by atoms with van der Waals surface area (Å²) in [7, 11) is 0.